The first kappa shape index (κ1) is 51.3. The first-order chi connectivity index (χ1) is 51.8. The van der Waals surface area contributed by atoms with Gasteiger partial charge in [-0.05, 0) is 179 Å². The molecule has 99 heavy (non-hydrogen) atoms. The number of rotatable bonds is 8. The Morgan fingerprint density at radius 1 is 0.293 bits per heavy atom. The summed E-state index contributed by atoms with van der Waals surface area (Å²) >= 11 is 0. The minimum absolute atomic E-state index is 0.0552. The van der Waals surface area contributed by atoms with Crippen LogP contribution in [-0.4, -0.2) is 9.13 Å². The quantitative estimate of drug-likeness (QED) is 0.151. The van der Waals surface area contributed by atoms with E-state index in [1.54, 1.807) is 0 Å². The van der Waals surface area contributed by atoms with Gasteiger partial charge in [0.05, 0.1) is 75.6 Å². The number of para-hydroxylation sites is 3. The summed E-state index contributed by atoms with van der Waals surface area (Å²) in [5.74, 6) is -0.664. The molecule has 484 valence electrons. The van der Waals surface area contributed by atoms with Crippen molar-refractivity contribution >= 4 is 77.7 Å². The molecule has 0 spiro atoms. The van der Waals surface area contributed by atoms with E-state index in [-0.39, 0.29) is 51.5 Å². The lowest BCUT2D eigenvalue weighted by atomic mass is 9.72. The summed E-state index contributed by atoms with van der Waals surface area (Å²) < 4.78 is 97.3. The van der Waals surface area contributed by atoms with E-state index in [9.17, 15) is 5.48 Å². The SMILES string of the molecule is [2H]c1c([2H])c([2H])c(-c2ccc3c(c2)C2c4ccc(-c5c([2H])c([2H])c([2H])c([2H])c5[2H])cc4N(c4cccc5c6cccc(-n7c8ccc(C(C)(C)C)cc8c8cc(C(C)(C)C)ccc87)c6n(-c6ccccc6)c45)c4cc(C(C)(C)C)cc(c42)N3c2c(-c3ccccc3)cc(C(C)(C)C)cc2-c2ccccc2)c([2H])c1[2H]. The number of benzene rings is 13. The third kappa shape index (κ3) is 10.2. The van der Waals surface area contributed by atoms with Crippen LogP contribution in [0.5, 0.6) is 0 Å². The standard InChI is InChI=1S/C95H84N4/c1-92(2,3)66-46-50-79-76(54-66)77-55-67(93(4,5)6)47-51-80(77)97(79)82-42-28-40-71-72-41-29-43-83(91(72)96(90(71)82)70-38-26-17-27-39-70)98-84-53-65(61-32-20-14-21-33-61)44-48-73(84)87-78-52-64(60-30-18-13-19-31-60)45-49-81(78)99(86-59-69(95(10,11)12)58-85(98)88(86)87)89-74(62-34-22-15-23-35-62)56-68(94(7,8)9)57-75(89)63-36-24-16-25-37-63/h13-59,87H,1-12H3/i13D,14D,18D,19D,20D,21D,30D,31D,32D,33D. The summed E-state index contributed by atoms with van der Waals surface area (Å²) in [5.41, 5.74) is 21.8. The van der Waals surface area contributed by atoms with Crippen LogP contribution in [0, 0.1) is 0 Å². The lowest BCUT2D eigenvalue weighted by molar-refractivity contribution is 0.589. The van der Waals surface area contributed by atoms with E-state index in [0.29, 0.717) is 16.8 Å². The summed E-state index contributed by atoms with van der Waals surface area (Å²) in [7, 11) is 0. The number of aromatic nitrogens is 2. The Morgan fingerprint density at radius 2 is 0.758 bits per heavy atom. The van der Waals surface area contributed by atoms with Crippen LogP contribution in [-0.2, 0) is 21.7 Å². The average molecular weight is 1290 g/mol. The van der Waals surface area contributed by atoms with Crippen molar-refractivity contribution in [3.8, 4) is 55.9 Å². The fourth-order valence-electron chi connectivity index (χ4n) is 15.5. The second-order valence-corrected chi connectivity index (χ2v) is 31.0. The molecule has 4 nitrogen and oxygen atoms in total. The van der Waals surface area contributed by atoms with Crippen molar-refractivity contribution in [2.45, 2.75) is 111 Å². The zero-order valence-electron chi connectivity index (χ0n) is 68.2. The highest BCUT2D eigenvalue weighted by Gasteiger charge is 2.44. The van der Waals surface area contributed by atoms with E-state index < -0.39 is 47.6 Å². The molecule has 17 rings (SSSR count). The maximum absolute atomic E-state index is 9.63. The first-order valence-electron chi connectivity index (χ1n) is 39.5. The smallest absolute Gasteiger partial charge is 0.0783 e. The van der Waals surface area contributed by atoms with Gasteiger partial charge in [0, 0.05) is 49.8 Å². The zero-order valence-corrected chi connectivity index (χ0v) is 58.2. The van der Waals surface area contributed by atoms with Crippen LogP contribution in [0.3, 0.4) is 0 Å². The number of fused-ring (bicyclic) bond motifs is 10. The molecular formula is C95H84N4. The van der Waals surface area contributed by atoms with Gasteiger partial charge in [0.1, 0.15) is 0 Å². The van der Waals surface area contributed by atoms with E-state index in [0.717, 1.165) is 123 Å². The Morgan fingerprint density at radius 3 is 1.28 bits per heavy atom. The Hall–Kier alpha value is -10.9. The fraction of sp³-hybridized carbons (Fsp3) is 0.179. The van der Waals surface area contributed by atoms with Crippen molar-refractivity contribution in [2.24, 2.45) is 0 Å². The van der Waals surface area contributed by atoms with Gasteiger partial charge in [0.25, 0.3) is 0 Å². The lowest BCUT2D eigenvalue weighted by Crippen LogP contribution is -2.31. The van der Waals surface area contributed by atoms with Crippen LogP contribution in [0.25, 0.3) is 99.5 Å². The normalized spacial score (nSPS) is 15.3. The van der Waals surface area contributed by atoms with Crippen molar-refractivity contribution in [3.05, 3.63) is 324 Å². The van der Waals surface area contributed by atoms with Gasteiger partial charge in [-0.2, -0.15) is 0 Å². The monoisotopic (exact) mass is 1290 g/mol. The molecule has 0 N–H and O–H groups in total. The molecule has 1 unspecified atom stereocenters. The number of hydrogen-bond acceptors (Lipinski definition) is 2. The molecule has 13 aromatic carbocycles. The molecule has 15 aromatic rings. The molecule has 0 amide bonds. The first-order valence-corrected chi connectivity index (χ1v) is 34.5. The zero-order chi connectivity index (χ0) is 76.7. The van der Waals surface area contributed by atoms with E-state index in [4.69, 9.17) is 8.22 Å². The highest BCUT2D eigenvalue weighted by atomic mass is 15.2. The number of hydrogen-bond donors (Lipinski definition) is 0. The molecule has 2 aliphatic heterocycles. The van der Waals surface area contributed by atoms with Crippen LogP contribution in [0.15, 0.2) is 285 Å². The summed E-state index contributed by atoms with van der Waals surface area (Å²) in [4.78, 5) is 4.80. The molecule has 4 heteroatoms. The molecule has 0 saturated heterocycles. The third-order valence-corrected chi connectivity index (χ3v) is 20.6. The van der Waals surface area contributed by atoms with Crippen molar-refractivity contribution in [3.63, 3.8) is 0 Å². The summed E-state index contributed by atoms with van der Waals surface area (Å²) in [5, 5.41) is 4.32. The van der Waals surface area contributed by atoms with Crippen LogP contribution in [0.4, 0.5) is 34.1 Å². The Balaban J connectivity index is 1.06. The van der Waals surface area contributed by atoms with Gasteiger partial charge in [-0.15, -0.1) is 0 Å². The number of nitrogens with zero attached hydrogens (tertiary/aromatic N) is 4. The largest absolute Gasteiger partial charge is 0.309 e. The van der Waals surface area contributed by atoms with E-state index in [2.05, 4.69) is 284 Å². The van der Waals surface area contributed by atoms with Crippen molar-refractivity contribution in [2.75, 3.05) is 9.80 Å². The summed E-state index contributed by atoms with van der Waals surface area (Å²) in [6, 6.07) is 76.0. The molecule has 0 fully saturated rings. The molecule has 2 aromatic heterocycles. The molecule has 2 aliphatic rings. The molecule has 0 saturated carbocycles. The van der Waals surface area contributed by atoms with E-state index in [1.165, 1.54) is 21.9 Å². The Labute approximate surface area is 597 Å². The molecule has 1 atom stereocenters. The maximum Gasteiger partial charge on any atom is 0.0783 e. The Bertz CT molecular complexity index is 6150. The second kappa shape index (κ2) is 22.8. The van der Waals surface area contributed by atoms with Crippen molar-refractivity contribution < 1.29 is 13.7 Å². The predicted molar refractivity (Wildman–Crippen MR) is 422 cm³/mol. The van der Waals surface area contributed by atoms with Gasteiger partial charge >= 0.3 is 0 Å². The predicted octanol–water partition coefficient (Wildman–Crippen LogP) is 26.5. The van der Waals surface area contributed by atoms with E-state index >= 15 is 0 Å². The van der Waals surface area contributed by atoms with Gasteiger partial charge in [-0.1, -0.05) is 277 Å². The fourth-order valence-corrected chi connectivity index (χ4v) is 15.5. The average Bonchev–Trinajstić information content (AvgIpc) is 1.39. The second-order valence-electron chi connectivity index (χ2n) is 31.0. The maximum atomic E-state index is 9.63. The van der Waals surface area contributed by atoms with Crippen LogP contribution >= 0.6 is 0 Å². The van der Waals surface area contributed by atoms with Crippen molar-refractivity contribution in [1.82, 2.24) is 9.13 Å². The minimum Gasteiger partial charge on any atom is -0.309 e. The third-order valence-electron chi connectivity index (χ3n) is 20.6. The molecular weight excluding hydrogens is 1200 g/mol. The van der Waals surface area contributed by atoms with Crippen molar-refractivity contribution in [1.29, 1.82) is 0 Å². The van der Waals surface area contributed by atoms with Crippen LogP contribution in [0.1, 0.15) is 142 Å². The highest BCUT2D eigenvalue weighted by molar-refractivity contribution is 6.19. The minimum atomic E-state index is -0.664. The topological polar surface area (TPSA) is 16.3 Å². The van der Waals surface area contributed by atoms with Gasteiger partial charge in [-0.25, -0.2) is 0 Å². The van der Waals surface area contributed by atoms with Gasteiger partial charge in [0.15, 0.2) is 0 Å². The van der Waals surface area contributed by atoms with Gasteiger partial charge in [0.2, 0.25) is 0 Å². The van der Waals surface area contributed by atoms with Gasteiger partial charge < -0.3 is 18.9 Å². The molecule has 0 aliphatic carbocycles. The lowest BCUT2D eigenvalue weighted by Gasteiger charge is -2.47. The molecule has 0 radical (unpaired) electrons. The highest BCUT2D eigenvalue weighted by Crippen LogP contribution is 2.64. The Kier molecular flexibility index (Phi) is 11.8. The van der Waals surface area contributed by atoms with E-state index in [1.807, 2.05) is 42.5 Å². The molecule has 4 heterocycles. The van der Waals surface area contributed by atoms with Gasteiger partial charge in [-0.3, -0.25) is 0 Å². The summed E-state index contributed by atoms with van der Waals surface area (Å²) in [6.45, 7) is 27.1. The summed E-state index contributed by atoms with van der Waals surface area (Å²) in [6.07, 6.45) is 0. The molecule has 0 bridgehead atoms. The van der Waals surface area contributed by atoms with Crippen LogP contribution in [0.2, 0.25) is 0 Å². The number of anilines is 6. The van der Waals surface area contributed by atoms with Crippen LogP contribution < -0.4 is 9.80 Å².